The van der Waals surface area contributed by atoms with E-state index in [0.717, 1.165) is 17.5 Å². The lowest BCUT2D eigenvalue weighted by Crippen LogP contribution is -2.10. The lowest BCUT2D eigenvalue weighted by Gasteiger charge is -2.08. The van der Waals surface area contributed by atoms with Gasteiger partial charge >= 0.3 is 0 Å². The van der Waals surface area contributed by atoms with E-state index in [1.165, 1.54) is 17.7 Å². The standard InChI is InChI=1S/C19H20FN5/c1-14-2-4-16(5-3-14)12-22-19-24-18(13-23-25-19)21-11-10-15-6-8-17(20)9-7-15/h2-9,13H,10-12H2,1H3,(H2,21,22,24,25). The molecule has 6 heteroatoms. The molecular weight excluding hydrogens is 317 g/mol. The largest absolute Gasteiger partial charge is 0.368 e. The molecule has 0 radical (unpaired) electrons. The Bertz CT molecular complexity index is 803. The van der Waals surface area contributed by atoms with Crippen LogP contribution in [0.3, 0.4) is 0 Å². The molecule has 0 aliphatic rings. The van der Waals surface area contributed by atoms with Gasteiger partial charge in [-0.15, -0.1) is 5.10 Å². The van der Waals surface area contributed by atoms with E-state index in [9.17, 15) is 4.39 Å². The lowest BCUT2D eigenvalue weighted by molar-refractivity contribution is 0.627. The predicted molar refractivity (Wildman–Crippen MR) is 96.9 cm³/mol. The molecule has 0 saturated heterocycles. The van der Waals surface area contributed by atoms with Gasteiger partial charge in [-0.1, -0.05) is 42.0 Å². The molecule has 2 N–H and O–H groups in total. The van der Waals surface area contributed by atoms with Gasteiger partial charge in [0.1, 0.15) is 5.82 Å². The lowest BCUT2D eigenvalue weighted by atomic mass is 10.1. The van der Waals surface area contributed by atoms with Crippen LogP contribution in [-0.2, 0) is 13.0 Å². The molecule has 0 spiro atoms. The first-order chi connectivity index (χ1) is 12.2. The summed E-state index contributed by atoms with van der Waals surface area (Å²) in [4.78, 5) is 4.39. The second-order valence-corrected chi connectivity index (χ2v) is 5.81. The average Bonchev–Trinajstić information content (AvgIpc) is 2.63. The Morgan fingerprint density at radius 3 is 2.40 bits per heavy atom. The molecule has 2 aromatic carbocycles. The van der Waals surface area contributed by atoms with E-state index in [2.05, 4.69) is 57.0 Å². The Balaban J connectivity index is 1.50. The second-order valence-electron chi connectivity index (χ2n) is 5.81. The number of hydrogen-bond acceptors (Lipinski definition) is 5. The number of nitrogens with zero attached hydrogens (tertiary/aromatic N) is 3. The highest BCUT2D eigenvalue weighted by atomic mass is 19.1. The van der Waals surface area contributed by atoms with Crippen LogP contribution in [0.1, 0.15) is 16.7 Å². The zero-order valence-corrected chi connectivity index (χ0v) is 14.0. The number of anilines is 2. The van der Waals surface area contributed by atoms with E-state index >= 15 is 0 Å². The highest BCUT2D eigenvalue weighted by Crippen LogP contribution is 2.08. The molecule has 5 nitrogen and oxygen atoms in total. The zero-order valence-electron chi connectivity index (χ0n) is 14.0. The molecule has 0 aliphatic carbocycles. The average molecular weight is 337 g/mol. The predicted octanol–water partition coefficient (Wildman–Crippen LogP) is 3.59. The van der Waals surface area contributed by atoms with Crippen LogP contribution in [0.15, 0.2) is 54.7 Å². The van der Waals surface area contributed by atoms with Crippen molar-refractivity contribution in [2.75, 3.05) is 17.2 Å². The van der Waals surface area contributed by atoms with Gasteiger partial charge in [-0.2, -0.15) is 10.1 Å². The van der Waals surface area contributed by atoms with E-state index in [4.69, 9.17) is 0 Å². The number of aryl methyl sites for hydroxylation is 1. The molecule has 0 amide bonds. The molecule has 0 fully saturated rings. The summed E-state index contributed by atoms with van der Waals surface area (Å²) < 4.78 is 12.9. The minimum atomic E-state index is -0.221. The number of aromatic nitrogens is 3. The van der Waals surface area contributed by atoms with Crippen LogP contribution in [0.25, 0.3) is 0 Å². The van der Waals surface area contributed by atoms with Crippen molar-refractivity contribution in [2.24, 2.45) is 0 Å². The van der Waals surface area contributed by atoms with E-state index in [1.807, 2.05) is 0 Å². The minimum absolute atomic E-state index is 0.221. The summed E-state index contributed by atoms with van der Waals surface area (Å²) in [7, 11) is 0. The van der Waals surface area contributed by atoms with Crippen molar-refractivity contribution >= 4 is 11.8 Å². The van der Waals surface area contributed by atoms with Crippen molar-refractivity contribution < 1.29 is 4.39 Å². The minimum Gasteiger partial charge on any atom is -0.368 e. The normalized spacial score (nSPS) is 10.5. The number of nitrogens with one attached hydrogen (secondary N) is 2. The van der Waals surface area contributed by atoms with Crippen molar-refractivity contribution in [1.29, 1.82) is 0 Å². The van der Waals surface area contributed by atoms with Gasteiger partial charge in [0.25, 0.3) is 0 Å². The molecule has 0 bridgehead atoms. The smallest absolute Gasteiger partial charge is 0.244 e. The fourth-order valence-electron chi connectivity index (χ4n) is 2.34. The zero-order chi connectivity index (χ0) is 17.5. The summed E-state index contributed by atoms with van der Waals surface area (Å²) in [5, 5.41) is 14.3. The maximum atomic E-state index is 12.9. The van der Waals surface area contributed by atoms with Gasteiger partial charge in [0.2, 0.25) is 5.95 Å². The Kier molecular flexibility index (Phi) is 5.51. The van der Waals surface area contributed by atoms with Crippen LogP contribution >= 0.6 is 0 Å². The summed E-state index contributed by atoms with van der Waals surface area (Å²) in [6, 6.07) is 14.8. The molecule has 0 saturated carbocycles. The van der Waals surface area contributed by atoms with Crippen LogP contribution in [0.4, 0.5) is 16.2 Å². The second kappa shape index (κ2) is 8.19. The Labute approximate surface area is 146 Å². The topological polar surface area (TPSA) is 62.7 Å². The van der Waals surface area contributed by atoms with Gasteiger partial charge in [-0.25, -0.2) is 4.39 Å². The van der Waals surface area contributed by atoms with Crippen LogP contribution < -0.4 is 10.6 Å². The maximum Gasteiger partial charge on any atom is 0.244 e. The maximum absolute atomic E-state index is 12.9. The van der Waals surface area contributed by atoms with Gasteiger partial charge in [-0.3, -0.25) is 0 Å². The molecular formula is C19H20FN5. The quantitative estimate of drug-likeness (QED) is 0.690. The number of rotatable bonds is 7. The summed E-state index contributed by atoms with van der Waals surface area (Å²) in [6.07, 6.45) is 2.36. The van der Waals surface area contributed by atoms with Crippen molar-refractivity contribution in [1.82, 2.24) is 15.2 Å². The summed E-state index contributed by atoms with van der Waals surface area (Å²) in [5.74, 6) is 0.914. The van der Waals surface area contributed by atoms with Gasteiger partial charge in [0.05, 0.1) is 6.20 Å². The highest BCUT2D eigenvalue weighted by Gasteiger charge is 2.01. The summed E-state index contributed by atoms with van der Waals surface area (Å²) in [5.41, 5.74) is 3.45. The summed E-state index contributed by atoms with van der Waals surface area (Å²) in [6.45, 7) is 3.38. The third-order valence-electron chi connectivity index (χ3n) is 3.76. The molecule has 128 valence electrons. The number of benzene rings is 2. The molecule has 25 heavy (non-hydrogen) atoms. The van der Waals surface area contributed by atoms with Crippen molar-refractivity contribution in [3.8, 4) is 0 Å². The molecule has 3 rings (SSSR count). The van der Waals surface area contributed by atoms with E-state index in [1.54, 1.807) is 18.3 Å². The van der Waals surface area contributed by atoms with Crippen molar-refractivity contribution in [2.45, 2.75) is 19.9 Å². The molecule has 3 aromatic rings. The first-order valence-electron chi connectivity index (χ1n) is 8.16. The molecule has 0 unspecified atom stereocenters. The fraction of sp³-hybridized carbons (Fsp3) is 0.211. The SMILES string of the molecule is Cc1ccc(CNc2nncc(NCCc3ccc(F)cc3)n2)cc1. The first kappa shape index (κ1) is 16.8. The molecule has 0 atom stereocenters. The number of halogens is 1. The van der Waals surface area contributed by atoms with Gasteiger partial charge < -0.3 is 10.6 Å². The Morgan fingerprint density at radius 2 is 1.64 bits per heavy atom. The van der Waals surface area contributed by atoms with Crippen LogP contribution in [-0.4, -0.2) is 21.7 Å². The van der Waals surface area contributed by atoms with Crippen LogP contribution in [0.5, 0.6) is 0 Å². The fourth-order valence-corrected chi connectivity index (χ4v) is 2.34. The number of hydrogen-bond donors (Lipinski definition) is 2. The Hall–Kier alpha value is -3.02. The third-order valence-corrected chi connectivity index (χ3v) is 3.76. The van der Waals surface area contributed by atoms with E-state index in [-0.39, 0.29) is 5.82 Å². The highest BCUT2D eigenvalue weighted by molar-refractivity contribution is 5.38. The van der Waals surface area contributed by atoms with Crippen molar-refractivity contribution in [3.05, 3.63) is 77.2 Å². The van der Waals surface area contributed by atoms with Crippen molar-refractivity contribution in [3.63, 3.8) is 0 Å². The third kappa shape index (κ3) is 5.24. The Morgan fingerprint density at radius 1 is 0.920 bits per heavy atom. The molecule has 1 heterocycles. The van der Waals surface area contributed by atoms with E-state index < -0.39 is 0 Å². The summed E-state index contributed by atoms with van der Waals surface area (Å²) >= 11 is 0. The van der Waals surface area contributed by atoms with Gasteiger partial charge in [0, 0.05) is 13.1 Å². The molecule has 0 aliphatic heterocycles. The monoisotopic (exact) mass is 337 g/mol. The van der Waals surface area contributed by atoms with Gasteiger partial charge in [-0.05, 0) is 36.6 Å². The van der Waals surface area contributed by atoms with E-state index in [0.29, 0.717) is 24.9 Å². The first-order valence-corrected chi connectivity index (χ1v) is 8.16. The van der Waals surface area contributed by atoms with Gasteiger partial charge in [0.15, 0.2) is 5.82 Å². The molecule has 1 aromatic heterocycles. The van der Waals surface area contributed by atoms with Crippen LogP contribution in [0, 0.1) is 12.7 Å². The van der Waals surface area contributed by atoms with Crippen LogP contribution in [0.2, 0.25) is 0 Å².